The van der Waals surface area contributed by atoms with E-state index in [0.29, 0.717) is 0 Å². The Kier molecular flexibility index (Phi) is 8.78. The summed E-state index contributed by atoms with van der Waals surface area (Å²) in [5.74, 6) is 2.35. The van der Waals surface area contributed by atoms with Gasteiger partial charge in [-0.2, -0.15) is 4.57 Å². The molecule has 0 N–H and O–H groups in total. The van der Waals surface area contributed by atoms with Crippen LogP contribution in [0.15, 0.2) is 22.9 Å². The Bertz CT molecular complexity index is 341. The summed E-state index contributed by atoms with van der Waals surface area (Å²) < 4.78 is 3.50. The van der Waals surface area contributed by atoms with Crippen molar-refractivity contribution in [3.63, 3.8) is 0 Å². The molecule has 0 saturated heterocycles. The minimum atomic E-state index is 1.07. The number of hydrogen-bond donors (Lipinski definition) is 0. The molecule has 0 atom stereocenters. The third kappa shape index (κ3) is 6.24. The molecule has 1 aromatic rings. The largest absolute Gasteiger partial charge is 0.194 e. The third-order valence-corrected chi connectivity index (χ3v) is 4.84. The van der Waals surface area contributed by atoms with Crippen molar-refractivity contribution < 1.29 is 4.57 Å². The van der Waals surface area contributed by atoms with Crippen LogP contribution in [-0.4, -0.2) is 5.75 Å². The molecule has 0 amide bonds. The van der Waals surface area contributed by atoms with Gasteiger partial charge in [0.2, 0.25) is 0 Å². The average molecular weight is 331 g/mol. The highest BCUT2D eigenvalue weighted by molar-refractivity contribution is 9.10. The van der Waals surface area contributed by atoms with Crippen LogP contribution in [0.4, 0.5) is 0 Å². The highest BCUT2D eigenvalue weighted by atomic mass is 79.9. The van der Waals surface area contributed by atoms with Crippen LogP contribution in [0.1, 0.15) is 51.5 Å². The number of nitrogens with zero attached hydrogens (tertiary/aromatic N) is 1. The second-order valence-corrected chi connectivity index (χ2v) is 6.57. The molecule has 1 rings (SSSR count). The van der Waals surface area contributed by atoms with Crippen LogP contribution in [0.25, 0.3) is 0 Å². The van der Waals surface area contributed by atoms with Crippen LogP contribution >= 0.6 is 27.7 Å². The zero-order chi connectivity index (χ0) is 13.2. The van der Waals surface area contributed by atoms with E-state index in [1.807, 2.05) is 11.8 Å². The Hall–Kier alpha value is -0.0200. The fourth-order valence-electron chi connectivity index (χ4n) is 1.88. The average Bonchev–Trinajstić information content (AvgIpc) is 2.38. The van der Waals surface area contributed by atoms with Crippen molar-refractivity contribution in [3.05, 3.63) is 28.5 Å². The number of thioether (sulfide) groups is 1. The molecule has 0 aliphatic heterocycles. The molecule has 0 bridgehead atoms. The summed E-state index contributed by atoms with van der Waals surface area (Å²) in [5, 5.41) is 0. The van der Waals surface area contributed by atoms with E-state index < -0.39 is 0 Å². The summed E-state index contributed by atoms with van der Waals surface area (Å²) >= 11 is 5.66. The summed E-state index contributed by atoms with van der Waals surface area (Å²) in [4.78, 5) is 0. The maximum atomic E-state index is 3.63. The fraction of sp³-hybridized carbons (Fsp3) is 0.667. The number of aryl methyl sites for hydroxylation is 1. The second kappa shape index (κ2) is 9.85. The first kappa shape index (κ1) is 16.0. The minimum absolute atomic E-state index is 1.07. The van der Waals surface area contributed by atoms with E-state index in [-0.39, 0.29) is 0 Å². The smallest absolute Gasteiger partial charge is 0.194 e. The van der Waals surface area contributed by atoms with Gasteiger partial charge in [-0.1, -0.05) is 51.3 Å². The summed E-state index contributed by atoms with van der Waals surface area (Å²) in [6.45, 7) is 4.46. The molecule has 0 aromatic carbocycles. The van der Waals surface area contributed by atoms with Gasteiger partial charge >= 0.3 is 0 Å². The van der Waals surface area contributed by atoms with E-state index >= 15 is 0 Å². The van der Waals surface area contributed by atoms with Crippen LogP contribution in [0, 0.1) is 0 Å². The monoisotopic (exact) mass is 330 g/mol. The van der Waals surface area contributed by atoms with E-state index in [9.17, 15) is 0 Å². The Labute approximate surface area is 125 Å². The van der Waals surface area contributed by atoms with Gasteiger partial charge in [-0.3, -0.25) is 0 Å². The lowest BCUT2D eigenvalue weighted by Gasteiger charge is -2.02. The van der Waals surface area contributed by atoms with Crippen molar-refractivity contribution in [2.45, 2.75) is 58.2 Å². The molecule has 3 heteroatoms. The predicted octanol–water partition coefficient (Wildman–Crippen LogP) is 4.96. The number of halogens is 1. The molecule has 1 heterocycles. The maximum Gasteiger partial charge on any atom is 0.194 e. The predicted molar refractivity (Wildman–Crippen MR) is 84.9 cm³/mol. The Balaban J connectivity index is 2.17. The number of pyridine rings is 1. The summed E-state index contributed by atoms with van der Waals surface area (Å²) in [6, 6.07) is 2.21. The molecule has 1 aromatic heterocycles. The Morgan fingerprint density at radius 1 is 1.17 bits per heavy atom. The van der Waals surface area contributed by atoms with E-state index in [4.69, 9.17) is 0 Å². The third-order valence-electron chi connectivity index (χ3n) is 3.07. The molecule has 1 nitrogen and oxygen atoms in total. The van der Waals surface area contributed by atoms with Gasteiger partial charge in [0.15, 0.2) is 18.3 Å². The van der Waals surface area contributed by atoms with Crippen LogP contribution < -0.4 is 4.57 Å². The molecule has 0 saturated carbocycles. The molecule has 0 unspecified atom stereocenters. The van der Waals surface area contributed by atoms with Crippen molar-refractivity contribution in [2.24, 2.45) is 0 Å². The van der Waals surface area contributed by atoms with E-state index in [1.165, 1.54) is 47.9 Å². The van der Waals surface area contributed by atoms with Gasteiger partial charge in [0, 0.05) is 6.07 Å². The van der Waals surface area contributed by atoms with Crippen LogP contribution in [0.3, 0.4) is 0 Å². The van der Waals surface area contributed by atoms with Crippen molar-refractivity contribution in [1.82, 2.24) is 0 Å². The number of aromatic nitrogens is 1. The van der Waals surface area contributed by atoms with Gasteiger partial charge in [-0.05, 0) is 40.1 Å². The van der Waals surface area contributed by atoms with Gasteiger partial charge in [0.05, 0.1) is 4.47 Å². The first-order chi connectivity index (χ1) is 8.77. The number of hydrogen-bond acceptors (Lipinski definition) is 1. The van der Waals surface area contributed by atoms with Crippen LogP contribution in [-0.2, 0) is 12.3 Å². The normalized spacial score (nSPS) is 10.8. The first-order valence-corrected chi connectivity index (χ1v) is 8.98. The Morgan fingerprint density at radius 2 is 1.94 bits per heavy atom. The van der Waals surface area contributed by atoms with E-state index in [1.54, 1.807) is 0 Å². The summed E-state index contributed by atoms with van der Waals surface area (Å²) in [7, 11) is 0. The number of unbranched alkanes of at least 4 members (excludes halogenated alkanes) is 4. The van der Waals surface area contributed by atoms with Crippen molar-refractivity contribution in [3.8, 4) is 0 Å². The molecule has 18 heavy (non-hydrogen) atoms. The van der Waals surface area contributed by atoms with E-state index in [2.05, 4.69) is 52.8 Å². The molecule has 0 spiro atoms. The molecule has 0 radical (unpaired) electrons. The maximum absolute atomic E-state index is 3.63. The van der Waals surface area contributed by atoms with Crippen LogP contribution in [0.5, 0.6) is 0 Å². The lowest BCUT2D eigenvalue weighted by molar-refractivity contribution is -0.676. The summed E-state index contributed by atoms with van der Waals surface area (Å²) in [6.07, 6.45) is 12.4. The molecule has 0 aliphatic carbocycles. The standard InChI is InChI=1S/C15H25BrNS/c1-3-5-6-7-8-11-18-13-17-10-9-14(4-2)15(16)12-17/h9-10,12H,3-8,11,13H2,1-2H3/q+1. The molecule has 102 valence electrons. The molecular formula is C15H25BrNS+. The van der Waals surface area contributed by atoms with Crippen molar-refractivity contribution >= 4 is 27.7 Å². The Morgan fingerprint density at radius 3 is 2.61 bits per heavy atom. The van der Waals surface area contributed by atoms with Gasteiger partial charge in [-0.25, -0.2) is 0 Å². The fourth-order valence-corrected chi connectivity index (χ4v) is 3.47. The summed E-state index contributed by atoms with van der Waals surface area (Å²) in [5.41, 5.74) is 1.39. The highest BCUT2D eigenvalue weighted by Crippen LogP contribution is 2.15. The van der Waals surface area contributed by atoms with Gasteiger partial charge in [0.25, 0.3) is 0 Å². The van der Waals surface area contributed by atoms with Gasteiger partial charge in [0.1, 0.15) is 0 Å². The topological polar surface area (TPSA) is 3.88 Å². The van der Waals surface area contributed by atoms with Crippen LogP contribution in [0.2, 0.25) is 0 Å². The minimum Gasteiger partial charge on any atom is -0.194 e. The second-order valence-electron chi connectivity index (χ2n) is 4.64. The van der Waals surface area contributed by atoms with Gasteiger partial charge in [-0.15, -0.1) is 0 Å². The highest BCUT2D eigenvalue weighted by Gasteiger charge is 2.05. The lowest BCUT2D eigenvalue weighted by Crippen LogP contribution is -2.31. The quantitative estimate of drug-likeness (QED) is 0.457. The lowest BCUT2D eigenvalue weighted by atomic mass is 10.2. The SMILES string of the molecule is CCCCCCCSC[n+]1ccc(CC)c(Br)c1. The zero-order valence-electron chi connectivity index (χ0n) is 11.6. The van der Waals surface area contributed by atoms with Crippen molar-refractivity contribution in [1.29, 1.82) is 0 Å². The van der Waals surface area contributed by atoms with E-state index in [0.717, 1.165) is 12.3 Å². The van der Waals surface area contributed by atoms with Crippen molar-refractivity contribution in [2.75, 3.05) is 5.75 Å². The number of rotatable bonds is 9. The molecule has 0 aliphatic rings. The molecule has 0 fully saturated rings. The zero-order valence-corrected chi connectivity index (χ0v) is 14.0. The molecular weight excluding hydrogens is 306 g/mol. The van der Waals surface area contributed by atoms with Gasteiger partial charge < -0.3 is 0 Å². The first-order valence-electron chi connectivity index (χ1n) is 7.03.